The summed E-state index contributed by atoms with van der Waals surface area (Å²) in [5, 5.41) is 3.44. The molecule has 3 aliphatic rings. The second-order valence-corrected chi connectivity index (χ2v) is 9.66. The maximum atomic E-state index is 14.3. The van der Waals surface area contributed by atoms with Crippen LogP contribution in [0.5, 0.6) is 0 Å². The van der Waals surface area contributed by atoms with Crippen molar-refractivity contribution in [3.05, 3.63) is 64.7 Å². The first-order chi connectivity index (χ1) is 16.5. The molecule has 0 saturated carbocycles. The predicted octanol–water partition coefficient (Wildman–Crippen LogP) is 3.71. The number of nitrogens with zero attached hydrogens (tertiary/aromatic N) is 3. The minimum absolute atomic E-state index is 0.124. The molecule has 34 heavy (non-hydrogen) atoms. The summed E-state index contributed by atoms with van der Waals surface area (Å²) < 4.78 is 20.0. The maximum absolute atomic E-state index is 14.3. The largest absolute Gasteiger partial charge is 0.376 e. The molecule has 5 rings (SSSR count). The highest BCUT2D eigenvalue weighted by Gasteiger charge is 2.58. The Balaban J connectivity index is 1.36. The third-order valence-corrected chi connectivity index (χ3v) is 7.61. The number of rotatable bonds is 6. The van der Waals surface area contributed by atoms with E-state index in [9.17, 15) is 14.0 Å². The first-order valence-corrected chi connectivity index (χ1v) is 12.2. The molecule has 3 amide bonds. The van der Waals surface area contributed by atoms with Gasteiger partial charge in [0, 0.05) is 29.9 Å². The fourth-order valence-corrected chi connectivity index (χ4v) is 5.66. The number of hydrogen-bond donors (Lipinski definition) is 1. The smallest absolute Gasteiger partial charge is 0.325 e. The van der Waals surface area contributed by atoms with Gasteiger partial charge in [-0.05, 0) is 69.0 Å². The van der Waals surface area contributed by atoms with Crippen molar-refractivity contribution in [2.75, 3.05) is 26.2 Å². The monoisotopic (exact) mass is 486 g/mol. The Kier molecular flexibility index (Phi) is 6.55. The Hall–Kier alpha value is -2.55. The summed E-state index contributed by atoms with van der Waals surface area (Å²) in [5.74, 6) is -0.717. The molecule has 3 fully saturated rings. The molecule has 2 aromatic rings. The SMILES string of the molecule is O=C1N[C@](c2ccccn2)(C2CCN(Cc3c(F)cccc3Cl)CC2)C(=O)N1C[C@@H]1CCCO1. The minimum Gasteiger partial charge on any atom is -0.376 e. The van der Waals surface area contributed by atoms with Crippen LogP contribution in [0, 0.1) is 11.7 Å². The lowest BCUT2D eigenvalue weighted by atomic mass is 9.75. The van der Waals surface area contributed by atoms with E-state index in [-0.39, 0.29) is 30.3 Å². The first kappa shape index (κ1) is 23.2. The van der Waals surface area contributed by atoms with E-state index in [0.717, 1.165) is 12.8 Å². The summed E-state index contributed by atoms with van der Waals surface area (Å²) in [5.41, 5.74) is -0.174. The number of carbonyl (C=O) groups is 2. The fourth-order valence-electron chi connectivity index (χ4n) is 5.44. The zero-order valence-corrected chi connectivity index (χ0v) is 19.6. The Morgan fingerprint density at radius 2 is 1.97 bits per heavy atom. The number of carbonyl (C=O) groups excluding carboxylic acids is 2. The number of aromatic nitrogens is 1. The van der Waals surface area contributed by atoms with E-state index >= 15 is 0 Å². The number of halogens is 2. The van der Waals surface area contributed by atoms with Crippen molar-refractivity contribution in [1.29, 1.82) is 0 Å². The van der Waals surface area contributed by atoms with Crippen molar-refractivity contribution in [2.45, 2.75) is 43.9 Å². The number of piperidine rings is 1. The molecular weight excluding hydrogens is 459 g/mol. The van der Waals surface area contributed by atoms with Crippen molar-refractivity contribution < 1.29 is 18.7 Å². The fraction of sp³-hybridized carbons (Fsp3) is 0.480. The van der Waals surface area contributed by atoms with Gasteiger partial charge < -0.3 is 10.1 Å². The van der Waals surface area contributed by atoms with Gasteiger partial charge in [0.15, 0.2) is 5.54 Å². The van der Waals surface area contributed by atoms with Crippen LogP contribution < -0.4 is 5.32 Å². The molecule has 3 aliphatic heterocycles. The molecule has 9 heteroatoms. The molecule has 1 N–H and O–H groups in total. The van der Waals surface area contributed by atoms with Crippen LogP contribution in [-0.2, 0) is 21.6 Å². The zero-order valence-electron chi connectivity index (χ0n) is 18.9. The summed E-state index contributed by atoms with van der Waals surface area (Å²) in [6, 6.07) is 9.74. The average molecular weight is 487 g/mol. The van der Waals surface area contributed by atoms with Gasteiger partial charge in [-0.25, -0.2) is 9.18 Å². The number of pyridine rings is 1. The normalized spacial score (nSPS) is 26.3. The molecule has 1 aromatic heterocycles. The number of hydrogen-bond acceptors (Lipinski definition) is 5. The molecule has 0 bridgehead atoms. The molecule has 7 nitrogen and oxygen atoms in total. The van der Waals surface area contributed by atoms with Gasteiger partial charge in [-0.15, -0.1) is 0 Å². The summed E-state index contributed by atoms with van der Waals surface area (Å²) in [4.78, 5) is 34.8. The van der Waals surface area contributed by atoms with Crippen molar-refractivity contribution in [3.63, 3.8) is 0 Å². The van der Waals surface area contributed by atoms with Crippen molar-refractivity contribution in [3.8, 4) is 0 Å². The van der Waals surface area contributed by atoms with Gasteiger partial charge in [-0.2, -0.15) is 0 Å². The predicted molar refractivity (Wildman–Crippen MR) is 125 cm³/mol. The summed E-state index contributed by atoms with van der Waals surface area (Å²) >= 11 is 6.22. The third-order valence-electron chi connectivity index (χ3n) is 7.25. The molecule has 0 radical (unpaired) electrons. The molecule has 0 aliphatic carbocycles. The number of amides is 3. The van der Waals surface area contributed by atoms with Crippen LogP contribution in [0.1, 0.15) is 36.9 Å². The van der Waals surface area contributed by atoms with Gasteiger partial charge in [0.2, 0.25) is 0 Å². The first-order valence-electron chi connectivity index (χ1n) is 11.8. The average Bonchev–Trinajstić information content (AvgIpc) is 3.45. The van der Waals surface area contributed by atoms with Gasteiger partial charge in [-0.1, -0.05) is 23.7 Å². The van der Waals surface area contributed by atoms with E-state index < -0.39 is 11.6 Å². The number of urea groups is 1. The Morgan fingerprint density at radius 3 is 2.65 bits per heavy atom. The molecular formula is C25H28ClFN4O3. The Labute approximate surface area is 203 Å². The molecule has 2 atom stereocenters. The minimum atomic E-state index is -1.21. The molecule has 4 heterocycles. The van der Waals surface area contributed by atoms with Gasteiger partial charge in [0.05, 0.1) is 18.3 Å². The van der Waals surface area contributed by atoms with E-state index in [1.165, 1.54) is 11.0 Å². The van der Waals surface area contributed by atoms with E-state index in [1.807, 2.05) is 6.07 Å². The molecule has 180 valence electrons. The molecule has 0 unspecified atom stereocenters. The lowest BCUT2D eigenvalue weighted by molar-refractivity contribution is -0.135. The zero-order chi connectivity index (χ0) is 23.7. The second kappa shape index (κ2) is 9.60. The van der Waals surface area contributed by atoms with Crippen molar-refractivity contribution in [2.24, 2.45) is 5.92 Å². The van der Waals surface area contributed by atoms with Crippen LogP contribution in [-0.4, -0.2) is 59.1 Å². The lowest BCUT2D eigenvalue weighted by Crippen LogP contribution is -2.54. The van der Waals surface area contributed by atoms with Crippen LogP contribution in [0.25, 0.3) is 0 Å². The quantitative estimate of drug-likeness (QED) is 0.630. The summed E-state index contributed by atoms with van der Waals surface area (Å²) in [6.07, 6.45) is 4.61. The molecule has 3 saturated heterocycles. The van der Waals surface area contributed by atoms with Crippen LogP contribution in [0.3, 0.4) is 0 Å². The number of benzene rings is 1. The topological polar surface area (TPSA) is 74.8 Å². The number of ether oxygens (including phenoxy) is 1. The van der Waals surface area contributed by atoms with Crippen LogP contribution in [0.15, 0.2) is 42.6 Å². The van der Waals surface area contributed by atoms with Gasteiger partial charge >= 0.3 is 6.03 Å². The van der Waals surface area contributed by atoms with Crippen molar-refractivity contribution >= 4 is 23.5 Å². The van der Waals surface area contributed by atoms with E-state index in [2.05, 4.69) is 15.2 Å². The van der Waals surface area contributed by atoms with E-state index in [1.54, 1.807) is 30.5 Å². The van der Waals surface area contributed by atoms with Crippen LogP contribution in [0.4, 0.5) is 9.18 Å². The standard InChI is InChI=1S/C25H28ClFN4O3/c26-20-6-3-7-21(27)19(20)16-30-12-9-17(10-13-30)25(22-8-1-2-11-28-22)23(32)31(24(33)29-25)15-18-5-4-14-34-18/h1-3,6-8,11,17-18H,4-5,9-10,12-16H2,(H,29,33)/t18-,25-/m0/s1. The van der Waals surface area contributed by atoms with Crippen LogP contribution in [0.2, 0.25) is 5.02 Å². The maximum Gasteiger partial charge on any atom is 0.325 e. The van der Waals surface area contributed by atoms with Gasteiger partial charge in [0.25, 0.3) is 5.91 Å². The highest BCUT2D eigenvalue weighted by molar-refractivity contribution is 6.31. The van der Waals surface area contributed by atoms with Crippen molar-refractivity contribution in [1.82, 2.24) is 20.1 Å². The molecule has 1 aromatic carbocycles. The van der Waals surface area contributed by atoms with Crippen LogP contribution >= 0.6 is 11.6 Å². The van der Waals surface area contributed by atoms with E-state index in [0.29, 0.717) is 55.4 Å². The number of imide groups is 1. The summed E-state index contributed by atoms with van der Waals surface area (Å²) in [6.45, 7) is 2.62. The second-order valence-electron chi connectivity index (χ2n) is 9.25. The van der Waals surface area contributed by atoms with E-state index in [4.69, 9.17) is 16.3 Å². The number of nitrogens with one attached hydrogen (secondary N) is 1. The highest BCUT2D eigenvalue weighted by Crippen LogP contribution is 2.41. The molecule has 0 spiro atoms. The Bertz CT molecular complexity index is 1040. The number of likely N-dealkylation sites (tertiary alicyclic amines) is 1. The summed E-state index contributed by atoms with van der Waals surface area (Å²) in [7, 11) is 0. The van der Waals surface area contributed by atoms with Gasteiger partial charge in [-0.3, -0.25) is 19.6 Å². The Morgan fingerprint density at radius 1 is 1.15 bits per heavy atom. The van der Waals surface area contributed by atoms with Gasteiger partial charge in [0.1, 0.15) is 5.82 Å². The highest BCUT2D eigenvalue weighted by atomic mass is 35.5. The third kappa shape index (κ3) is 4.19. The lowest BCUT2D eigenvalue weighted by Gasteiger charge is -2.40.